The van der Waals surface area contributed by atoms with Crippen LogP contribution in [0, 0.1) is 0 Å². The van der Waals surface area contributed by atoms with Crippen molar-refractivity contribution in [1.29, 1.82) is 0 Å². The highest BCUT2D eigenvalue weighted by atomic mass is 16.2. The van der Waals surface area contributed by atoms with E-state index in [1.54, 1.807) is 0 Å². The van der Waals surface area contributed by atoms with Gasteiger partial charge in [0, 0.05) is 25.0 Å². The van der Waals surface area contributed by atoms with Gasteiger partial charge in [0.15, 0.2) is 0 Å². The van der Waals surface area contributed by atoms with Gasteiger partial charge in [-0.15, -0.1) is 0 Å². The van der Waals surface area contributed by atoms with Crippen LogP contribution >= 0.6 is 0 Å². The van der Waals surface area contributed by atoms with Gasteiger partial charge in [-0.1, -0.05) is 26.7 Å². The lowest BCUT2D eigenvalue weighted by atomic mass is 9.75. The van der Waals surface area contributed by atoms with Crippen molar-refractivity contribution in [3.05, 3.63) is 0 Å². The summed E-state index contributed by atoms with van der Waals surface area (Å²) < 4.78 is 0. The van der Waals surface area contributed by atoms with Gasteiger partial charge in [-0.25, -0.2) is 0 Å². The van der Waals surface area contributed by atoms with Crippen molar-refractivity contribution in [2.45, 2.75) is 70.8 Å². The lowest BCUT2D eigenvalue weighted by Gasteiger charge is -2.39. The number of amides is 1. The Bertz CT molecular complexity index is 228. The molecule has 1 amide bonds. The summed E-state index contributed by atoms with van der Waals surface area (Å²) in [5.41, 5.74) is 5.98. The predicted octanol–water partition coefficient (Wildman–Crippen LogP) is 2.69. The quantitative estimate of drug-likeness (QED) is 0.709. The number of hydrogen-bond acceptors (Lipinski definition) is 2. The molecule has 1 aliphatic rings. The standard InChI is InChI=1S/C14H28N2O/c1-3-5-10-16(11-6-4-2)13(17)12-14(15)8-7-9-14/h3-12,15H2,1-2H3. The second-order valence-corrected chi connectivity index (χ2v) is 5.48. The summed E-state index contributed by atoms with van der Waals surface area (Å²) in [6.07, 6.45) is 8.28. The SMILES string of the molecule is CCCCN(CCCC)C(=O)CC1(N)CCC1. The van der Waals surface area contributed by atoms with Crippen molar-refractivity contribution in [3.63, 3.8) is 0 Å². The lowest BCUT2D eigenvalue weighted by Crippen LogP contribution is -2.50. The van der Waals surface area contributed by atoms with E-state index in [0.29, 0.717) is 6.42 Å². The number of hydrogen-bond donors (Lipinski definition) is 1. The molecule has 0 aromatic carbocycles. The van der Waals surface area contributed by atoms with E-state index in [1.165, 1.54) is 6.42 Å². The minimum atomic E-state index is -0.173. The van der Waals surface area contributed by atoms with Crippen LogP contribution in [-0.4, -0.2) is 29.4 Å². The summed E-state index contributed by atoms with van der Waals surface area (Å²) in [5, 5.41) is 0. The minimum absolute atomic E-state index is 0.173. The lowest BCUT2D eigenvalue weighted by molar-refractivity contribution is -0.133. The number of carbonyl (C=O) groups is 1. The van der Waals surface area contributed by atoms with Crippen molar-refractivity contribution < 1.29 is 4.79 Å². The van der Waals surface area contributed by atoms with Crippen LogP contribution in [0.3, 0.4) is 0 Å². The summed E-state index contributed by atoms with van der Waals surface area (Å²) in [6.45, 7) is 6.15. The summed E-state index contributed by atoms with van der Waals surface area (Å²) >= 11 is 0. The third kappa shape index (κ3) is 4.66. The van der Waals surface area contributed by atoms with Crippen LogP contribution in [0.15, 0.2) is 0 Å². The van der Waals surface area contributed by atoms with E-state index >= 15 is 0 Å². The van der Waals surface area contributed by atoms with E-state index < -0.39 is 0 Å². The summed E-state index contributed by atoms with van der Waals surface area (Å²) in [7, 11) is 0. The Morgan fingerprint density at radius 1 is 1.18 bits per heavy atom. The van der Waals surface area contributed by atoms with Crippen LogP contribution in [0.25, 0.3) is 0 Å². The van der Waals surface area contributed by atoms with E-state index in [-0.39, 0.29) is 11.4 Å². The molecule has 17 heavy (non-hydrogen) atoms. The molecule has 0 saturated heterocycles. The molecule has 100 valence electrons. The molecule has 0 spiro atoms. The molecule has 0 radical (unpaired) electrons. The van der Waals surface area contributed by atoms with Gasteiger partial charge in [-0.2, -0.15) is 0 Å². The average molecular weight is 240 g/mol. The Hall–Kier alpha value is -0.570. The van der Waals surface area contributed by atoms with Gasteiger partial charge in [0.05, 0.1) is 0 Å². The van der Waals surface area contributed by atoms with Gasteiger partial charge < -0.3 is 10.6 Å². The fraction of sp³-hybridized carbons (Fsp3) is 0.929. The van der Waals surface area contributed by atoms with Gasteiger partial charge in [0.25, 0.3) is 0 Å². The Balaban J connectivity index is 2.40. The number of carbonyl (C=O) groups excluding carboxylic acids is 1. The molecule has 3 heteroatoms. The van der Waals surface area contributed by atoms with E-state index in [0.717, 1.165) is 51.6 Å². The molecule has 1 fully saturated rings. The van der Waals surface area contributed by atoms with Crippen LogP contribution in [0.4, 0.5) is 0 Å². The number of unbranched alkanes of at least 4 members (excludes halogenated alkanes) is 2. The van der Waals surface area contributed by atoms with Crippen molar-refractivity contribution >= 4 is 5.91 Å². The van der Waals surface area contributed by atoms with Crippen LogP contribution in [0.1, 0.15) is 65.2 Å². The summed E-state index contributed by atoms with van der Waals surface area (Å²) in [4.78, 5) is 14.2. The van der Waals surface area contributed by atoms with Crippen LogP contribution < -0.4 is 5.73 Å². The maximum absolute atomic E-state index is 12.2. The predicted molar refractivity (Wildman–Crippen MR) is 71.8 cm³/mol. The largest absolute Gasteiger partial charge is 0.343 e. The Morgan fingerprint density at radius 2 is 1.71 bits per heavy atom. The molecule has 0 heterocycles. The fourth-order valence-electron chi connectivity index (χ4n) is 2.28. The molecule has 0 aliphatic heterocycles. The zero-order valence-electron chi connectivity index (χ0n) is 11.5. The molecule has 1 aliphatic carbocycles. The molecule has 0 aromatic heterocycles. The first-order chi connectivity index (χ1) is 8.11. The highest BCUT2D eigenvalue weighted by Gasteiger charge is 2.35. The second-order valence-electron chi connectivity index (χ2n) is 5.48. The average Bonchev–Trinajstić information content (AvgIpc) is 2.27. The normalized spacial score (nSPS) is 17.6. The molecule has 1 rings (SSSR count). The van der Waals surface area contributed by atoms with E-state index in [1.807, 2.05) is 4.90 Å². The zero-order valence-corrected chi connectivity index (χ0v) is 11.5. The molecule has 0 unspecified atom stereocenters. The van der Waals surface area contributed by atoms with Gasteiger partial charge in [0.1, 0.15) is 0 Å². The van der Waals surface area contributed by atoms with E-state index in [4.69, 9.17) is 5.73 Å². The second kappa shape index (κ2) is 7.00. The molecule has 3 nitrogen and oxygen atoms in total. The number of nitrogens with zero attached hydrogens (tertiary/aromatic N) is 1. The number of rotatable bonds is 8. The molecular weight excluding hydrogens is 212 g/mol. The van der Waals surface area contributed by atoms with Crippen LogP contribution in [-0.2, 0) is 4.79 Å². The Kier molecular flexibility index (Phi) is 5.96. The third-order valence-corrected chi connectivity index (χ3v) is 3.77. The molecule has 2 N–H and O–H groups in total. The van der Waals surface area contributed by atoms with Crippen molar-refractivity contribution in [2.75, 3.05) is 13.1 Å². The topological polar surface area (TPSA) is 46.3 Å². The Labute approximate surface area is 106 Å². The van der Waals surface area contributed by atoms with Crippen LogP contribution in [0.2, 0.25) is 0 Å². The van der Waals surface area contributed by atoms with E-state index in [2.05, 4.69) is 13.8 Å². The first-order valence-corrected chi connectivity index (χ1v) is 7.18. The minimum Gasteiger partial charge on any atom is -0.343 e. The third-order valence-electron chi connectivity index (χ3n) is 3.77. The molecule has 0 bridgehead atoms. The maximum Gasteiger partial charge on any atom is 0.224 e. The first kappa shape index (κ1) is 14.5. The molecule has 0 aromatic rings. The number of nitrogens with two attached hydrogens (primary N) is 1. The van der Waals surface area contributed by atoms with Gasteiger partial charge >= 0.3 is 0 Å². The van der Waals surface area contributed by atoms with Crippen LogP contribution in [0.5, 0.6) is 0 Å². The van der Waals surface area contributed by atoms with Gasteiger partial charge in [0.2, 0.25) is 5.91 Å². The van der Waals surface area contributed by atoms with Crippen molar-refractivity contribution in [2.24, 2.45) is 5.73 Å². The maximum atomic E-state index is 12.2. The molecular formula is C14H28N2O. The molecule has 1 saturated carbocycles. The summed E-state index contributed by atoms with van der Waals surface area (Å²) in [6, 6.07) is 0. The van der Waals surface area contributed by atoms with E-state index in [9.17, 15) is 4.79 Å². The molecule has 0 atom stereocenters. The Morgan fingerprint density at radius 3 is 2.06 bits per heavy atom. The first-order valence-electron chi connectivity index (χ1n) is 7.18. The van der Waals surface area contributed by atoms with Crippen molar-refractivity contribution in [3.8, 4) is 0 Å². The smallest absolute Gasteiger partial charge is 0.224 e. The summed E-state index contributed by atoms with van der Waals surface area (Å²) in [5.74, 6) is 0.272. The monoisotopic (exact) mass is 240 g/mol. The van der Waals surface area contributed by atoms with Gasteiger partial charge in [-0.3, -0.25) is 4.79 Å². The van der Waals surface area contributed by atoms with Crippen molar-refractivity contribution in [1.82, 2.24) is 4.90 Å². The fourth-order valence-corrected chi connectivity index (χ4v) is 2.28. The van der Waals surface area contributed by atoms with Gasteiger partial charge in [-0.05, 0) is 32.1 Å². The highest BCUT2D eigenvalue weighted by Crippen LogP contribution is 2.32. The highest BCUT2D eigenvalue weighted by molar-refractivity contribution is 5.77. The zero-order chi connectivity index (χ0) is 12.7.